The number of ether oxygens (including phenoxy) is 3. The summed E-state index contributed by atoms with van der Waals surface area (Å²) in [6.45, 7) is 1.09. The molecule has 1 N–H and O–H groups in total. The Morgan fingerprint density at radius 3 is 2.71 bits per heavy atom. The fourth-order valence-electron chi connectivity index (χ4n) is 3.02. The number of esters is 1. The van der Waals surface area contributed by atoms with Crippen LogP contribution in [0.2, 0.25) is 0 Å². The molecule has 0 aromatic rings. The molecule has 0 spiro atoms. The summed E-state index contributed by atoms with van der Waals surface area (Å²) in [7, 11) is -0.750. The van der Waals surface area contributed by atoms with E-state index in [2.05, 4.69) is 4.72 Å². The summed E-state index contributed by atoms with van der Waals surface area (Å²) >= 11 is 0. The van der Waals surface area contributed by atoms with Gasteiger partial charge in [0.25, 0.3) is 0 Å². The van der Waals surface area contributed by atoms with Crippen LogP contribution >= 0.6 is 0 Å². The van der Waals surface area contributed by atoms with E-state index in [1.165, 1.54) is 7.11 Å². The summed E-state index contributed by atoms with van der Waals surface area (Å²) in [6, 6.07) is 0. The molecule has 3 unspecified atom stereocenters. The summed E-state index contributed by atoms with van der Waals surface area (Å²) < 4.78 is 42.9. The third-order valence-electron chi connectivity index (χ3n) is 4.45. The molecule has 1 aliphatic carbocycles. The van der Waals surface area contributed by atoms with Crippen molar-refractivity contribution in [2.45, 2.75) is 36.5 Å². The molecule has 2 aliphatic rings. The smallest absolute Gasteiger partial charge is 0.310 e. The van der Waals surface area contributed by atoms with Crippen molar-refractivity contribution < 1.29 is 27.4 Å². The van der Waals surface area contributed by atoms with E-state index < -0.39 is 32.8 Å². The van der Waals surface area contributed by atoms with Gasteiger partial charge in [-0.05, 0) is 12.8 Å². The van der Waals surface area contributed by atoms with Crippen LogP contribution < -0.4 is 4.72 Å². The standard InChI is InChI=1S/C13H23NO6S/c1-18-12(15)10-4-3-5-11(10)21(16,17)14-8-13(19-2)6-7-20-9-13/h10-11,14H,3-9H2,1-2H3. The van der Waals surface area contributed by atoms with Crippen LogP contribution in [0.4, 0.5) is 0 Å². The zero-order chi connectivity index (χ0) is 15.5. The Hall–Kier alpha value is -0.700. The zero-order valence-corrected chi connectivity index (χ0v) is 13.3. The van der Waals surface area contributed by atoms with E-state index in [0.717, 1.165) is 0 Å². The maximum absolute atomic E-state index is 12.5. The average molecular weight is 321 g/mol. The molecule has 0 aromatic heterocycles. The first-order valence-corrected chi connectivity index (χ1v) is 8.68. The van der Waals surface area contributed by atoms with Gasteiger partial charge in [-0.25, -0.2) is 13.1 Å². The van der Waals surface area contributed by atoms with Gasteiger partial charge in [-0.1, -0.05) is 6.42 Å². The molecule has 1 heterocycles. The van der Waals surface area contributed by atoms with E-state index in [9.17, 15) is 13.2 Å². The molecule has 21 heavy (non-hydrogen) atoms. The van der Waals surface area contributed by atoms with Crippen molar-refractivity contribution >= 4 is 16.0 Å². The molecule has 1 saturated heterocycles. The summed E-state index contributed by atoms with van der Waals surface area (Å²) in [6.07, 6.45) is 2.39. The van der Waals surface area contributed by atoms with Gasteiger partial charge in [-0.2, -0.15) is 0 Å². The van der Waals surface area contributed by atoms with Crippen molar-refractivity contribution in [3.8, 4) is 0 Å². The molecule has 1 saturated carbocycles. The number of carbonyl (C=O) groups is 1. The summed E-state index contributed by atoms with van der Waals surface area (Å²) in [5.41, 5.74) is -0.605. The predicted octanol–water partition coefficient (Wildman–Crippen LogP) is 0.0530. The van der Waals surface area contributed by atoms with Crippen molar-refractivity contribution in [3.05, 3.63) is 0 Å². The highest BCUT2D eigenvalue weighted by Gasteiger charge is 2.44. The Morgan fingerprint density at radius 1 is 1.38 bits per heavy atom. The van der Waals surface area contributed by atoms with Crippen molar-refractivity contribution in [1.82, 2.24) is 4.72 Å². The first kappa shape index (κ1) is 16.7. The van der Waals surface area contributed by atoms with Gasteiger partial charge in [0.15, 0.2) is 0 Å². The average Bonchev–Trinajstić information content (AvgIpc) is 3.14. The van der Waals surface area contributed by atoms with E-state index in [4.69, 9.17) is 14.2 Å². The Kier molecular flexibility index (Phi) is 5.24. The number of nitrogens with one attached hydrogen (secondary N) is 1. The highest BCUT2D eigenvalue weighted by Crippen LogP contribution is 2.32. The van der Waals surface area contributed by atoms with Gasteiger partial charge in [0, 0.05) is 26.7 Å². The third kappa shape index (κ3) is 3.56. The molecular weight excluding hydrogens is 298 g/mol. The van der Waals surface area contributed by atoms with Crippen LogP contribution in [0, 0.1) is 5.92 Å². The lowest BCUT2D eigenvalue weighted by Crippen LogP contribution is -2.48. The van der Waals surface area contributed by atoms with E-state index in [1.54, 1.807) is 7.11 Å². The number of methoxy groups -OCH3 is 2. The molecule has 0 radical (unpaired) electrons. The van der Waals surface area contributed by atoms with Gasteiger partial charge in [0.05, 0.1) is 24.9 Å². The zero-order valence-electron chi connectivity index (χ0n) is 12.5. The minimum absolute atomic E-state index is 0.163. The number of hydrogen-bond acceptors (Lipinski definition) is 6. The Labute approximate surface area is 125 Å². The second-order valence-electron chi connectivity index (χ2n) is 5.65. The largest absolute Gasteiger partial charge is 0.469 e. The highest BCUT2D eigenvalue weighted by molar-refractivity contribution is 7.90. The van der Waals surface area contributed by atoms with Crippen LogP contribution in [-0.4, -0.2) is 59.2 Å². The quantitative estimate of drug-likeness (QED) is 0.695. The molecule has 3 atom stereocenters. The van der Waals surface area contributed by atoms with E-state index >= 15 is 0 Å². The number of rotatable bonds is 6. The van der Waals surface area contributed by atoms with Crippen LogP contribution in [0.1, 0.15) is 25.7 Å². The second-order valence-corrected chi connectivity index (χ2v) is 7.64. The molecule has 122 valence electrons. The molecular formula is C13H23NO6S. The molecule has 2 fully saturated rings. The van der Waals surface area contributed by atoms with Crippen molar-refractivity contribution in [2.24, 2.45) is 5.92 Å². The van der Waals surface area contributed by atoms with E-state index in [1.807, 2.05) is 0 Å². The van der Waals surface area contributed by atoms with Crippen LogP contribution in [0.25, 0.3) is 0 Å². The van der Waals surface area contributed by atoms with Crippen molar-refractivity contribution in [1.29, 1.82) is 0 Å². The SMILES string of the molecule is COC(=O)C1CCCC1S(=O)(=O)NCC1(OC)CCOC1. The monoisotopic (exact) mass is 321 g/mol. The van der Waals surface area contributed by atoms with Gasteiger partial charge >= 0.3 is 5.97 Å². The first-order valence-electron chi connectivity index (χ1n) is 7.13. The highest BCUT2D eigenvalue weighted by atomic mass is 32.2. The Bertz CT molecular complexity index is 471. The lowest BCUT2D eigenvalue weighted by Gasteiger charge is -2.27. The molecule has 0 aromatic carbocycles. The van der Waals surface area contributed by atoms with Crippen LogP contribution in [0.5, 0.6) is 0 Å². The maximum atomic E-state index is 12.5. The lowest BCUT2D eigenvalue weighted by molar-refractivity contribution is -0.145. The van der Waals surface area contributed by atoms with Gasteiger partial charge in [-0.3, -0.25) is 4.79 Å². The van der Waals surface area contributed by atoms with Crippen molar-refractivity contribution in [2.75, 3.05) is 34.0 Å². The molecule has 0 bridgehead atoms. The Balaban J connectivity index is 2.02. The molecule has 1 aliphatic heterocycles. The minimum Gasteiger partial charge on any atom is -0.469 e. The van der Waals surface area contributed by atoms with Gasteiger partial charge in [0.1, 0.15) is 5.60 Å². The minimum atomic E-state index is -3.59. The number of hydrogen-bond donors (Lipinski definition) is 1. The summed E-state index contributed by atoms with van der Waals surface area (Å²) in [5.74, 6) is -1.03. The van der Waals surface area contributed by atoms with Crippen LogP contribution in [0.3, 0.4) is 0 Å². The van der Waals surface area contributed by atoms with Crippen molar-refractivity contribution in [3.63, 3.8) is 0 Å². The Morgan fingerprint density at radius 2 is 2.14 bits per heavy atom. The normalized spacial score (nSPS) is 33.2. The summed E-state index contributed by atoms with van der Waals surface area (Å²) in [4.78, 5) is 11.7. The second kappa shape index (κ2) is 6.60. The summed E-state index contributed by atoms with van der Waals surface area (Å²) in [5, 5.41) is -0.721. The van der Waals surface area contributed by atoms with E-state index in [-0.39, 0.29) is 6.54 Å². The lowest BCUT2D eigenvalue weighted by atomic mass is 10.0. The third-order valence-corrected chi connectivity index (χ3v) is 6.36. The fourth-order valence-corrected chi connectivity index (χ4v) is 4.85. The first-order chi connectivity index (χ1) is 9.94. The van der Waals surface area contributed by atoms with Gasteiger partial charge in [0.2, 0.25) is 10.0 Å². The molecule has 7 nitrogen and oxygen atoms in total. The molecule has 0 amide bonds. The molecule has 2 rings (SSSR count). The van der Waals surface area contributed by atoms with Crippen LogP contribution in [0.15, 0.2) is 0 Å². The van der Waals surface area contributed by atoms with E-state index in [0.29, 0.717) is 38.9 Å². The topological polar surface area (TPSA) is 90.9 Å². The predicted molar refractivity (Wildman–Crippen MR) is 75.2 cm³/mol. The maximum Gasteiger partial charge on any atom is 0.310 e. The number of sulfonamides is 1. The van der Waals surface area contributed by atoms with Crippen LogP contribution in [-0.2, 0) is 29.0 Å². The fraction of sp³-hybridized carbons (Fsp3) is 0.923. The van der Waals surface area contributed by atoms with Gasteiger partial charge in [-0.15, -0.1) is 0 Å². The number of carbonyl (C=O) groups excluding carboxylic acids is 1. The van der Waals surface area contributed by atoms with Gasteiger partial charge < -0.3 is 14.2 Å². The molecule has 8 heteroatoms.